The summed E-state index contributed by atoms with van der Waals surface area (Å²) in [6, 6.07) is 9.08. The second kappa shape index (κ2) is 17.4. The summed E-state index contributed by atoms with van der Waals surface area (Å²) in [6.45, 7) is 3.40. The van der Waals surface area contributed by atoms with Crippen molar-refractivity contribution in [3.8, 4) is 0 Å². The average molecular weight is 684 g/mol. The fourth-order valence-electron chi connectivity index (χ4n) is 6.47. The number of allylic oxidation sites excluding steroid dienone is 4. The van der Waals surface area contributed by atoms with Crippen molar-refractivity contribution in [2.75, 3.05) is 19.6 Å². The number of rotatable bonds is 0. The molecule has 0 N–H and O–H groups in total. The molecule has 1 saturated carbocycles. The summed E-state index contributed by atoms with van der Waals surface area (Å²) in [5, 5.41) is 30.8. The summed E-state index contributed by atoms with van der Waals surface area (Å²) in [5.41, 5.74) is 3.91. The van der Waals surface area contributed by atoms with Gasteiger partial charge in [-0.2, -0.15) is 24.8 Å². The zero-order valence-corrected chi connectivity index (χ0v) is 27.7. The van der Waals surface area contributed by atoms with E-state index in [0.29, 0.717) is 0 Å². The van der Waals surface area contributed by atoms with Crippen LogP contribution >= 0.6 is 0 Å². The van der Waals surface area contributed by atoms with Crippen LogP contribution in [0.3, 0.4) is 0 Å². The maximum Gasteiger partial charge on any atom is 6.00 e. The van der Waals surface area contributed by atoms with E-state index in [4.69, 9.17) is 0 Å². The molecule has 6 heterocycles. The van der Waals surface area contributed by atoms with E-state index < -0.39 is 0 Å². The molecule has 6 aliphatic heterocycles. The van der Waals surface area contributed by atoms with Gasteiger partial charge in [0.25, 0.3) is 0 Å². The zero-order chi connectivity index (χ0) is 29.8. The van der Waals surface area contributed by atoms with Crippen LogP contribution in [0.2, 0.25) is 0 Å². The molecule has 0 aromatic heterocycles. The largest absolute Gasteiger partial charge is 6.00 e. The number of benzene rings is 2. The Bertz CT molecular complexity index is 1410. The first-order chi connectivity index (χ1) is 21.9. The minimum Gasteiger partial charge on any atom is -0.665 e. The van der Waals surface area contributed by atoms with Crippen molar-refractivity contribution in [1.82, 2.24) is 0 Å². The molecule has 2 aromatic rings. The third-order valence-corrected chi connectivity index (χ3v) is 8.79. The van der Waals surface area contributed by atoms with Crippen LogP contribution in [0, 0.1) is 5.92 Å². The van der Waals surface area contributed by atoms with Gasteiger partial charge in [-0.15, -0.1) is 48.4 Å². The van der Waals surface area contributed by atoms with E-state index in [1.54, 1.807) is 24.8 Å². The van der Waals surface area contributed by atoms with Gasteiger partial charge in [-0.3, -0.25) is 0 Å². The van der Waals surface area contributed by atoms with Crippen molar-refractivity contribution in [3.05, 3.63) is 126 Å². The Balaban J connectivity index is 0.000000123. The predicted octanol–water partition coefficient (Wildman–Crippen LogP) is 8.88. The van der Waals surface area contributed by atoms with E-state index in [1.165, 1.54) is 57.8 Å². The summed E-state index contributed by atoms with van der Waals surface area (Å²) < 4.78 is 0. The molecular weight excluding hydrogens is 642 g/mol. The third-order valence-electron chi connectivity index (χ3n) is 8.79. The molecule has 6 nitrogen and oxygen atoms in total. The van der Waals surface area contributed by atoms with Crippen LogP contribution in [-0.4, -0.2) is 25.7 Å². The first-order valence-corrected chi connectivity index (χ1v) is 16.3. The first kappa shape index (κ1) is 33.0. The molecule has 0 radical (unpaired) electrons. The summed E-state index contributed by atoms with van der Waals surface area (Å²) in [5.74, 6) is 0.988. The molecule has 2 unspecified atom stereocenters. The third kappa shape index (κ3) is 8.88. The molecule has 7 heteroatoms. The van der Waals surface area contributed by atoms with Gasteiger partial charge in [0, 0.05) is 0 Å². The molecule has 0 spiro atoms. The maximum absolute atomic E-state index is 4.65. The summed E-state index contributed by atoms with van der Waals surface area (Å²) in [4.78, 5) is 0. The van der Waals surface area contributed by atoms with E-state index in [9.17, 15) is 0 Å². The van der Waals surface area contributed by atoms with Gasteiger partial charge >= 0.3 is 19.5 Å². The molecule has 0 amide bonds. The second-order valence-corrected chi connectivity index (χ2v) is 11.8. The Labute approximate surface area is 281 Å². The van der Waals surface area contributed by atoms with Gasteiger partial charge < -0.3 is 31.9 Å². The van der Waals surface area contributed by atoms with Crippen molar-refractivity contribution < 1.29 is 19.5 Å². The molecule has 3 fully saturated rings. The van der Waals surface area contributed by atoms with Gasteiger partial charge in [0.2, 0.25) is 0 Å². The van der Waals surface area contributed by atoms with E-state index in [-0.39, 0.29) is 19.5 Å². The minimum absolute atomic E-state index is 0. The minimum atomic E-state index is 0. The molecule has 0 bridgehead atoms. The number of piperidine rings is 2. The molecule has 45 heavy (non-hydrogen) atoms. The number of nitrogens with zero attached hydrogens (tertiary/aromatic N) is 6. The molecule has 2 atom stereocenters. The molecule has 2 aromatic carbocycles. The number of hydrogen-bond donors (Lipinski definition) is 0. The molecular formula is C38H42N6Ru. The zero-order valence-electron chi connectivity index (χ0n) is 25.9. The van der Waals surface area contributed by atoms with Crippen LogP contribution in [0.5, 0.6) is 0 Å². The summed E-state index contributed by atoms with van der Waals surface area (Å²) in [6.07, 6.45) is 35.8. The number of hydrogen-bond acceptors (Lipinski definition) is 0. The first-order valence-electron chi connectivity index (χ1n) is 16.3. The SMILES string of the molecule is C1=C[N-]c2c3c(ccc2=C1)=CC=C[N-]3.C1=C[N-]c2c3c(ccc2=C1)=CC=C[N-]3.C1CCC2[N-]CCCC2C1.C1CC[N-]CC1.[Ru+6]. The summed E-state index contributed by atoms with van der Waals surface area (Å²) >= 11 is 0. The molecule has 7 aliphatic rings. The van der Waals surface area contributed by atoms with E-state index in [0.717, 1.165) is 75.2 Å². The molecule has 1 aliphatic carbocycles. The molecule has 9 rings (SSSR count). The Morgan fingerprint density at radius 1 is 0.444 bits per heavy atom. The fourth-order valence-corrected chi connectivity index (χ4v) is 6.47. The Kier molecular flexibility index (Phi) is 12.7. The number of fused-ring (bicyclic) bond motifs is 7. The van der Waals surface area contributed by atoms with Gasteiger partial charge in [-0.25, -0.2) is 0 Å². The van der Waals surface area contributed by atoms with Gasteiger partial charge in [-0.05, 0) is 20.9 Å². The Hall–Kier alpha value is -3.38. The van der Waals surface area contributed by atoms with Crippen molar-refractivity contribution >= 4 is 47.1 Å². The Morgan fingerprint density at radius 3 is 1.24 bits per heavy atom. The van der Waals surface area contributed by atoms with E-state index in [1.807, 2.05) is 24.3 Å². The smallest absolute Gasteiger partial charge is 0.665 e. The van der Waals surface area contributed by atoms with E-state index in [2.05, 4.69) is 80.5 Å². The summed E-state index contributed by atoms with van der Waals surface area (Å²) in [7, 11) is 0. The second-order valence-electron chi connectivity index (χ2n) is 11.8. The van der Waals surface area contributed by atoms with Crippen molar-refractivity contribution in [2.24, 2.45) is 5.92 Å². The standard InChI is InChI=1S/2C12H8N2.C9H16N.C5H10N.Ru/c2*1-3-9-5-6-10-4-2-8-14-12(10)11(9)13-7-1;1-2-6-9-8(4-1)5-3-7-10-9;1-2-4-6-5-3-1;/h2*1-8H;8-9H,1-7H2;1-5H2;/q2*-2;2*-1;+6. The van der Waals surface area contributed by atoms with Gasteiger partial charge in [0.15, 0.2) is 0 Å². The fraction of sp³-hybridized carbons (Fsp3) is 0.368. The van der Waals surface area contributed by atoms with Gasteiger partial charge in [0.1, 0.15) is 0 Å². The monoisotopic (exact) mass is 684 g/mol. The van der Waals surface area contributed by atoms with Crippen LogP contribution in [0.15, 0.2) is 73.4 Å². The van der Waals surface area contributed by atoms with Crippen LogP contribution in [-0.2, 0) is 19.5 Å². The van der Waals surface area contributed by atoms with Crippen LogP contribution < -0.4 is 20.9 Å². The molecule has 232 valence electrons. The average Bonchev–Trinajstić information content (AvgIpc) is 3.13. The maximum atomic E-state index is 4.65. The predicted molar refractivity (Wildman–Crippen MR) is 188 cm³/mol. The van der Waals surface area contributed by atoms with Gasteiger partial charge in [0.05, 0.1) is 0 Å². The normalized spacial score (nSPS) is 21.9. The van der Waals surface area contributed by atoms with Crippen LogP contribution in [0.25, 0.3) is 56.2 Å². The van der Waals surface area contributed by atoms with Crippen LogP contribution in [0.1, 0.15) is 57.8 Å². The topological polar surface area (TPSA) is 84.6 Å². The van der Waals surface area contributed by atoms with Gasteiger partial charge in [-0.1, -0.05) is 137 Å². The van der Waals surface area contributed by atoms with Crippen molar-refractivity contribution in [2.45, 2.75) is 63.8 Å². The quantitative estimate of drug-likeness (QED) is 0.249. The van der Waals surface area contributed by atoms with Crippen molar-refractivity contribution in [1.29, 1.82) is 0 Å². The van der Waals surface area contributed by atoms with Crippen LogP contribution in [0.4, 0.5) is 22.7 Å². The van der Waals surface area contributed by atoms with E-state index >= 15 is 0 Å². The molecule has 2 saturated heterocycles. The van der Waals surface area contributed by atoms with Crippen molar-refractivity contribution in [3.63, 3.8) is 0 Å². The Morgan fingerprint density at radius 2 is 0.867 bits per heavy atom.